The van der Waals surface area contributed by atoms with Crippen LogP contribution in [-0.4, -0.2) is 5.91 Å². The minimum atomic E-state index is -0.0180. The van der Waals surface area contributed by atoms with Crippen LogP contribution in [0.5, 0.6) is 0 Å². The highest BCUT2D eigenvalue weighted by atomic mass is 32.1. The first-order valence-electron chi connectivity index (χ1n) is 11.2. The van der Waals surface area contributed by atoms with Crippen molar-refractivity contribution in [3.63, 3.8) is 0 Å². The maximum Gasteiger partial charge on any atom is 0.265 e. The maximum absolute atomic E-state index is 12.4. The molecule has 4 atom stereocenters. The van der Waals surface area contributed by atoms with Crippen molar-refractivity contribution >= 4 is 22.9 Å². The molecule has 1 amide bonds. The molecular formula is C27H27NOS. The molecule has 3 heteroatoms. The Labute approximate surface area is 182 Å². The normalized spacial score (nSPS) is 31.6. The average molecular weight is 414 g/mol. The van der Waals surface area contributed by atoms with Crippen molar-refractivity contribution in [2.24, 2.45) is 11.8 Å². The van der Waals surface area contributed by atoms with Crippen LogP contribution in [0.3, 0.4) is 0 Å². The van der Waals surface area contributed by atoms with E-state index in [0.717, 1.165) is 22.4 Å². The molecule has 4 aliphatic rings. The van der Waals surface area contributed by atoms with Gasteiger partial charge >= 0.3 is 0 Å². The first-order chi connectivity index (χ1) is 14.6. The fourth-order valence-corrected chi connectivity index (χ4v) is 7.86. The van der Waals surface area contributed by atoms with E-state index in [1.54, 1.807) is 5.56 Å². The molecule has 2 unspecified atom stereocenters. The predicted octanol–water partition coefficient (Wildman–Crippen LogP) is 6.79. The molecule has 3 aromatic rings. The molecule has 0 radical (unpaired) electrons. The number of amides is 1. The van der Waals surface area contributed by atoms with Crippen molar-refractivity contribution in [1.82, 2.24) is 0 Å². The molecule has 152 valence electrons. The smallest absolute Gasteiger partial charge is 0.265 e. The lowest BCUT2D eigenvalue weighted by atomic mass is 9.42. The van der Waals surface area contributed by atoms with E-state index in [1.165, 1.54) is 55.4 Å². The summed E-state index contributed by atoms with van der Waals surface area (Å²) < 4.78 is 0. The van der Waals surface area contributed by atoms with E-state index in [1.807, 2.05) is 17.5 Å². The standard InChI is InChI=1S/C27H27NOS/c29-25(24-7-4-12-30-24)28-23-10-8-22(9-11-23)27-16-19-13-20(17-27)15-26(14-19,18-27)21-5-2-1-3-6-21/h1-12,19-20H,13-18H2,(H,28,29)/t19-,20+,26?,27?. The van der Waals surface area contributed by atoms with Gasteiger partial charge in [0, 0.05) is 5.69 Å². The van der Waals surface area contributed by atoms with E-state index in [2.05, 4.69) is 59.9 Å². The molecule has 4 saturated carbocycles. The summed E-state index contributed by atoms with van der Waals surface area (Å²) in [6.45, 7) is 0. The van der Waals surface area contributed by atoms with Crippen molar-refractivity contribution in [1.29, 1.82) is 0 Å². The zero-order valence-corrected chi connectivity index (χ0v) is 18.0. The van der Waals surface area contributed by atoms with Crippen LogP contribution < -0.4 is 5.32 Å². The van der Waals surface area contributed by atoms with Gasteiger partial charge in [-0.2, -0.15) is 0 Å². The first-order valence-corrected chi connectivity index (χ1v) is 12.0. The van der Waals surface area contributed by atoms with Crippen LogP contribution in [0.4, 0.5) is 5.69 Å². The van der Waals surface area contributed by atoms with Gasteiger partial charge in [0.25, 0.3) is 5.91 Å². The summed E-state index contributed by atoms with van der Waals surface area (Å²) >= 11 is 1.48. The molecule has 7 rings (SSSR count). The largest absolute Gasteiger partial charge is 0.321 e. The predicted molar refractivity (Wildman–Crippen MR) is 123 cm³/mol. The topological polar surface area (TPSA) is 29.1 Å². The summed E-state index contributed by atoms with van der Waals surface area (Å²) in [6.07, 6.45) is 8.09. The lowest BCUT2D eigenvalue weighted by molar-refractivity contribution is -0.0281. The fraction of sp³-hybridized carbons (Fsp3) is 0.370. The molecule has 1 N–H and O–H groups in total. The second kappa shape index (κ2) is 6.81. The summed E-state index contributed by atoms with van der Waals surface area (Å²) in [6, 6.07) is 23.9. The number of hydrogen-bond donors (Lipinski definition) is 1. The van der Waals surface area contributed by atoms with Gasteiger partial charge in [0.15, 0.2) is 0 Å². The van der Waals surface area contributed by atoms with Gasteiger partial charge in [0.05, 0.1) is 4.88 Å². The van der Waals surface area contributed by atoms with E-state index in [0.29, 0.717) is 10.8 Å². The van der Waals surface area contributed by atoms with Crippen LogP contribution in [-0.2, 0) is 10.8 Å². The minimum Gasteiger partial charge on any atom is -0.321 e. The average Bonchev–Trinajstić information content (AvgIpc) is 3.29. The monoisotopic (exact) mass is 413 g/mol. The van der Waals surface area contributed by atoms with E-state index in [4.69, 9.17) is 0 Å². The highest BCUT2D eigenvalue weighted by Gasteiger charge is 2.58. The fourth-order valence-electron chi connectivity index (χ4n) is 7.24. The van der Waals surface area contributed by atoms with Gasteiger partial charge < -0.3 is 5.32 Å². The molecule has 0 aliphatic heterocycles. The van der Waals surface area contributed by atoms with Gasteiger partial charge in [-0.25, -0.2) is 0 Å². The third-order valence-electron chi connectivity index (χ3n) is 7.95. The van der Waals surface area contributed by atoms with Gasteiger partial charge in [-0.3, -0.25) is 4.79 Å². The molecule has 4 bridgehead atoms. The highest BCUT2D eigenvalue weighted by molar-refractivity contribution is 7.12. The van der Waals surface area contributed by atoms with Gasteiger partial charge in [0.2, 0.25) is 0 Å². The number of anilines is 1. The second-order valence-corrected chi connectivity index (χ2v) is 10.8. The Bertz CT molecular complexity index is 1040. The summed E-state index contributed by atoms with van der Waals surface area (Å²) in [5.74, 6) is 1.69. The SMILES string of the molecule is O=C(Nc1ccc(C23C[C@@H]4C[C@@H](CC(c5ccccc5)(C4)C2)C3)cc1)c1cccs1. The lowest BCUT2D eigenvalue weighted by Gasteiger charge is -2.62. The maximum atomic E-state index is 12.4. The Morgan fingerprint density at radius 2 is 1.43 bits per heavy atom. The van der Waals surface area contributed by atoms with Crippen molar-refractivity contribution in [2.45, 2.75) is 49.4 Å². The van der Waals surface area contributed by atoms with Crippen molar-refractivity contribution in [2.75, 3.05) is 5.32 Å². The van der Waals surface area contributed by atoms with Crippen LogP contribution in [0.25, 0.3) is 0 Å². The van der Waals surface area contributed by atoms with Crippen molar-refractivity contribution in [3.05, 3.63) is 88.1 Å². The van der Waals surface area contributed by atoms with E-state index in [-0.39, 0.29) is 5.91 Å². The number of nitrogens with one attached hydrogen (secondary N) is 1. The minimum absolute atomic E-state index is 0.0180. The van der Waals surface area contributed by atoms with Crippen LogP contribution in [0.1, 0.15) is 59.3 Å². The zero-order valence-electron chi connectivity index (χ0n) is 17.1. The molecule has 4 fully saturated rings. The highest BCUT2D eigenvalue weighted by Crippen LogP contribution is 2.66. The van der Waals surface area contributed by atoms with Gasteiger partial charge in [-0.15, -0.1) is 11.3 Å². The molecule has 4 aliphatic carbocycles. The van der Waals surface area contributed by atoms with E-state index < -0.39 is 0 Å². The molecule has 2 aromatic carbocycles. The Morgan fingerprint density at radius 3 is 2.03 bits per heavy atom. The van der Waals surface area contributed by atoms with Crippen molar-refractivity contribution < 1.29 is 4.79 Å². The quantitative estimate of drug-likeness (QED) is 0.501. The molecule has 1 heterocycles. The van der Waals surface area contributed by atoms with Crippen molar-refractivity contribution in [3.8, 4) is 0 Å². The van der Waals surface area contributed by atoms with E-state index in [9.17, 15) is 4.79 Å². The molecular weight excluding hydrogens is 386 g/mol. The third-order valence-corrected chi connectivity index (χ3v) is 8.82. The summed E-state index contributed by atoms with van der Waals surface area (Å²) in [5, 5.41) is 4.99. The summed E-state index contributed by atoms with van der Waals surface area (Å²) in [5.41, 5.74) is 4.59. The molecule has 0 saturated heterocycles. The van der Waals surface area contributed by atoms with Crippen LogP contribution in [0.2, 0.25) is 0 Å². The Balaban J connectivity index is 1.29. The molecule has 1 aromatic heterocycles. The Hall–Kier alpha value is -2.39. The van der Waals surface area contributed by atoms with Gasteiger partial charge in [0.1, 0.15) is 0 Å². The molecule has 2 nitrogen and oxygen atoms in total. The van der Waals surface area contributed by atoms with Gasteiger partial charge in [-0.05, 0) is 95.9 Å². The Morgan fingerprint density at radius 1 is 0.800 bits per heavy atom. The van der Waals surface area contributed by atoms with Crippen LogP contribution in [0, 0.1) is 11.8 Å². The number of carbonyl (C=O) groups excluding carboxylic acids is 1. The number of thiophene rings is 1. The second-order valence-electron chi connectivity index (χ2n) is 9.90. The number of rotatable bonds is 4. The number of carbonyl (C=O) groups is 1. The zero-order chi connectivity index (χ0) is 20.2. The number of benzene rings is 2. The summed E-state index contributed by atoms with van der Waals surface area (Å²) in [7, 11) is 0. The lowest BCUT2D eigenvalue weighted by Crippen LogP contribution is -2.55. The summed E-state index contributed by atoms with van der Waals surface area (Å²) in [4.78, 5) is 13.1. The van der Waals surface area contributed by atoms with Crippen LogP contribution >= 0.6 is 11.3 Å². The Kier molecular flexibility index (Phi) is 4.18. The van der Waals surface area contributed by atoms with Crippen LogP contribution in [0.15, 0.2) is 72.1 Å². The van der Waals surface area contributed by atoms with E-state index >= 15 is 0 Å². The molecule has 30 heavy (non-hydrogen) atoms. The molecule has 0 spiro atoms. The third kappa shape index (κ3) is 2.94. The van der Waals surface area contributed by atoms with Gasteiger partial charge in [-0.1, -0.05) is 48.5 Å². The first kappa shape index (κ1) is 18.4. The number of hydrogen-bond acceptors (Lipinski definition) is 2.